The molecule has 2 amide bonds. The van der Waals surface area contributed by atoms with Crippen molar-refractivity contribution in [3.63, 3.8) is 0 Å². The third-order valence-corrected chi connectivity index (χ3v) is 7.43. The summed E-state index contributed by atoms with van der Waals surface area (Å²) < 4.78 is 40.8. The van der Waals surface area contributed by atoms with E-state index in [0.29, 0.717) is 11.3 Å². The number of sulfonamides is 1. The van der Waals surface area contributed by atoms with Crippen LogP contribution >= 0.6 is 0 Å². The first-order chi connectivity index (χ1) is 16.8. The Morgan fingerprint density at radius 2 is 1.75 bits per heavy atom. The molecule has 0 saturated heterocycles. The maximum absolute atomic E-state index is 14.4. The van der Waals surface area contributed by atoms with Crippen molar-refractivity contribution in [3.05, 3.63) is 65.0 Å². The highest BCUT2D eigenvalue weighted by Crippen LogP contribution is 2.25. The Hall–Kier alpha value is -2.94. The lowest BCUT2D eigenvalue weighted by Crippen LogP contribution is -2.49. The Bertz CT molecular complexity index is 1170. The van der Waals surface area contributed by atoms with Gasteiger partial charge in [-0.25, -0.2) is 12.8 Å². The number of benzene rings is 2. The number of hydrogen-bond acceptors (Lipinski definition) is 4. The topological polar surface area (TPSA) is 86.8 Å². The van der Waals surface area contributed by atoms with Crippen molar-refractivity contribution in [2.75, 3.05) is 17.1 Å². The Labute approximate surface area is 214 Å². The molecular weight excluding hydrogens is 481 g/mol. The molecule has 2 aromatic rings. The van der Waals surface area contributed by atoms with Crippen molar-refractivity contribution in [1.82, 2.24) is 10.2 Å². The molecule has 0 spiro atoms. The Balaban J connectivity index is 2.22. The molecule has 0 heterocycles. The van der Waals surface area contributed by atoms with Gasteiger partial charge in [0.25, 0.3) is 0 Å². The van der Waals surface area contributed by atoms with Crippen molar-refractivity contribution >= 4 is 27.5 Å². The third kappa shape index (κ3) is 8.05. The van der Waals surface area contributed by atoms with Gasteiger partial charge in [-0.05, 0) is 63.8 Å². The second-order valence-corrected chi connectivity index (χ2v) is 11.2. The summed E-state index contributed by atoms with van der Waals surface area (Å²) in [4.78, 5) is 27.5. The van der Waals surface area contributed by atoms with Crippen LogP contribution in [0.25, 0.3) is 0 Å². The normalized spacial score (nSPS) is 13.1. The van der Waals surface area contributed by atoms with E-state index in [1.54, 1.807) is 25.1 Å². The molecule has 1 N–H and O–H groups in total. The van der Waals surface area contributed by atoms with Gasteiger partial charge in [-0.15, -0.1) is 0 Å². The summed E-state index contributed by atoms with van der Waals surface area (Å²) in [6, 6.07) is 10.8. The van der Waals surface area contributed by atoms with Crippen LogP contribution in [0.1, 0.15) is 56.7 Å². The average molecular weight is 520 g/mol. The number of hydrogen-bond donors (Lipinski definition) is 1. The maximum atomic E-state index is 14.4. The van der Waals surface area contributed by atoms with E-state index in [9.17, 15) is 22.4 Å². The van der Waals surface area contributed by atoms with E-state index in [1.807, 2.05) is 45.9 Å². The van der Waals surface area contributed by atoms with Crippen molar-refractivity contribution in [2.24, 2.45) is 0 Å². The lowest BCUT2D eigenvalue weighted by Gasteiger charge is -2.30. The largest absolute Gasteiger partial charge is 0.352 e. The molecule has 2 aromatic carbocycles. The fraction of sp³-hybridized carbons (Fsp3) is 0.481. The number of nitrogens with zero attached hydrogens (tertiary/aromatic N) is 2. The summed E-state index contributed by atoms with van der Waals surface area (Å²) in [6.45, 7) is 9.21. The highest BCUT2D eigenvalue weighted by atomic mass is 32.2. The molecule has 0 aliphatic carbocycles. The summed E-state index contributed by atoms with van der Waals surface area (Å²) in [7, 11) is -3.58. The van der Waals surface area contributed by atoms with Gasteiger partial charge in [0.15, 0.2) is 0 Å². The minimum absolute atomic E-state index is 0.00624. The molecule has 0 saturated carbocycles. The quantitative estimate of drug-likeness (QED) is 0.453. The predicted molar refractivity (Wildman–Crippen MR) is 142 cm³/mol. The van der Waals surface area contributed by atoms with Gasteiger partial charge in [-0.2, -0.15) is 0 Å². The molecule has 0 unspecified atom stereocenters. The zero-order valence-electron chi connectivity index (χ0n) is 22.0. The van der Waals surface area contributed by atoms with E-state index in [2.05, 4.69) is 5.32 Å². The molecule has 9 heteroatoms. The average Bonchev–Trinajstić information content (AvgIpc) is 2.81. The predicted octanol–water partition coefficient (Wildman–Crippen LogP) is 4.32. The van der Waals surface area contributed by atoms with Crippen LogP contribution in [0.15, 0.2) is 42.5 Å². The zero-order valence-corrected chi connectivity index (χ0v) is 22.9. The number of anilines is 1. The highest BCUT2D eigenvalue weighted by molar-refractivity contribution is 7.92. The molecule has 36 heavy (non-hydrogen) atoms. The highest BCUT2D eigenvalue weighted by Gasteiger charge is 2.28. The minimum atomic E-state index is -3.58. The monoisotopic (exact) mass is 519 g/mol. The second kappa shape index (κ2) is 12.9. The van der Waals surface area contributed by atoms with E-state index in [-0.39, 0.29) is 43.8 Å². The van der Waals surface area contributed by atoms with Crippen molar-refractivity contribution in [1.29, 1.82) is 0 Å². The summed E-state index contributed by atoms with van der Waals surface area (Å²) in [6.07, 6.45) is 2.13. The van der Waals surface area contributed by atoms with E-state index < -0.39 is 21.9 Å². The van der Waals surface area contributed by atoms with Gasteiger partial charge in [0, 0.05) is 31.1 Å². The van der Waals surface area contributed by atoms with Gasteiger partial charge >= 0.3 is 0 Å². The first-order valence-corrected chi connectivity index (χ1v) is 14.1. The first kappa shape index (κ1) is 29.3. The van der Waals surface area contributed by atoms with E-state index in [0.717, 1.165) is 23.8 Å². The van der Waals surface area contributed by atoms with Crippen LogP contribution in [0.4, 0.5) is 10.1 Å². The van der Waals surface area contributed by atoms with E-state index >= 15 is 0 Å². The molecule has 0 bridgehead atoms. The molecule has 2 rings (SSSR count). The standard InChI is InChI=1S/C27H38FN3O4S/c1-7-21(4)29-27(33)22(5)30(18-23-11-8-9-12-24(23)28)26(32)13-10-16-31(36(6,34)35)25-17-19(2)14-15-20(25)3/h8-9,11-12,14-15,17,21-22H,7,10,13,16,18H2,1-6H3,(H,29,33)/t21-,22-/m1/s1. The summed E-state index contributed by atoms with van der Waals surface area (Å²) in [5, 5.41) is 2.88. The van der Waals surface area contributed by atoms with Gasteiger partial charge in [0.2, 0.25) is 21.8 Å². The van der Waals surface area contributed by atoms with Gasteiger partial charge in [0.05, 0.1) is 11.9 Å². The molecule has 0 fully saturated rings. The van der Waals surface area contributed by atoms with Crippen LogP contribution < -0.4 is 9.62 Å². The first-order valence-electron chi connectivity index (χ1n) is 12.2. The summed E-state index contributed by atoms with van der Waals surface area (Å²) in [5.74, 6) is -1.12. The number of carbonyl (C=O) groups is 2. The number of aryl methyl sites for hydroxylation is 2. The van der Waals surface area contributed by atoms with Gasteiger partial charge in [-0.1, -0.05) is 37.3 Å². The van der Waals surface area contributed by atoms with E-state index in [1.165, 1.54) is 15.3 Å². The number of halogens is 1. The van der Waals surface area contributed by atoms with Gasteiger partial charge in [0.1, 0.15) is 11.9 Å². The molecule has 7 nitrogen and oxygen atoms in total. The SMILES string of the molecule is CC[C@@H](C)NC(=O)[C@@H](C)N(Cc1ccccc1F)C(=O)CCCN(c1cc(C)ccc1C)S(C)(=O)=O. The van der Waals surface area contributed by atoms with Crippen molar-refractivity contribution < 1.29 is 22.4 Å². The molecule has 0 aliphatic heterocycles. The van der Waals surface area contributed by atoms with Crippen LogP contribution in [-0.2, 0) is 26.2 Å². The van der Waals surface area contributed by atoms with Crippen LogP contribution in [0, 0.1) is 19.7 Å². The molecule has 0 aromatic heterocycles. The molecular formula is C27H38FN3O4S. The smallest absolute Gasteiger partial charge is 0.242 e. The van der Waals surface area contributed by atoms with Crippen molar-refractivity contribution in [2.45, 2.75) is 72.5 Å². The zero-order chi connectivity index (χ0) is 27.0. The molecule has 0 radical (unpaired) electrons. The van der Waals surface area contributed by atoms with E-state index in [4.69, 9.17) is 0 Å². The number of carbonyl (C=O) groups excluding carboxylic acids is 2. The fourth-order valence-electron chi connectivity index (χ4n) is 3.83. The fourth-order valence-corrected chi connectivity index (χ4v) is 4.84. The molecule has 0 aliphatic rings. The Kier molecular flexibility index (Phi) is 10.5. The molecule has 198 valence electrons. The Morgan fingerprint density at radius 3 is 2.36 bits per heavy atom. The van der Waals surface area contributed by atoms with Crippen LogP contribution in [0.2, 0.25) is 0 Å². The number of rotatable bonds is 12. The van der Waals surface area contributed by atoms with Crippen molar-refractivity contribution in [3.8, 4) is 0 Å². The minimum Gasteiger partial charge on any atom is -0.352 e. The van der Waals surface area contributed by atoms with Gasteiger partial charge < -0.3 is 10.2 Å². The van der Waals surface area contributed by atoms with Crippen LogP contribution in [-0.4, -0.2) is 50.0 Å². The second-order valence-electron chi connectivity index (χ2n) is 9.34. The van der Waals surface area contributed by atoms with Crippen LogP contribution in [0.5, 0.6) is 0 Å². The van der Waals surface area contributed by atoms with Gasteiger partial charge in [-0.3, -0.25) is 13.9 Å². The lowest BCUT2D eigenvalue weighted by atomic mass is 10.1. The third-order valence-electron chi connectivity index (χ3n) is 6.25. The summed E-state index contributed by atoms with van der Waals surface area (Å²) in [5.41, 5.74) is 2.63. The lowest BCUT2D eigenvalue weighted by molar-refractivity contribution is -0.141. The number of amides is 2. The summed E-state index contributed by atoms with van der Waals surface area (Å²) >= 11 is 0. The maximum Gasteiger partial charge on any atom is 0.242 e. The Morgan fingerprint density at radius 1 is 1.08 bits per heavy atom. The number of nitrogens with one attached hydrogen (secondary N) is 1. The van der Waals surface area contributed by atoms with Crippen LogP contribution in [0.3, 0.4) is 0 Å². The molecule has 2 atom stereocenters.